The van der Waals surface area contributed by atoms with Crippen LogP contribution in [-0.4, -0.2) is 12.3 Å². The molecule has 0 bridgehead atoms. The molecule has 2 nitrogen and oxygen atoms in total. The van der Waals surface area contributed by atoms with Crippen LogP contribution in [0.3, 0.4) is 0 Å². The van der Waals surface area contributed by atoms with Crippen molar-refractivity contribution in [2.24, 2.45) is 10.6 Å². The van der Waals surface area contributed by atoms with Crippen LogP contribution >= 0.6 is 0 Å². The molecule has 0 spiro atoms. The molecule has 0 fully saturated rings. The van der Waals surface area contributed by atoms with E-state index in [0.717, 1.165) is 31.4 Å². The summed E-state index contributed by atoms with van der Waals surface area (Å²) < 4.78 is 0. The van der Waals surface area contributed by atoms with Gasteiger partial charge in [-0.15, -0.1) is 0 Å². The molecule has 0 aromatic heterocycles. The van der Waals surface area contributed by atoms with Crippen molar-refractivity contribution in [1.29, 1.82) is 0 Å². The zero-order valence-corrected chi connectivity index (χ0v) is 12.8. The molecule has 0 aliphatic rings. The van der Waals surface area contributed by atoms with E-state index in [1.807, 2.05) is 6.07 Å². The maximum absolute atomic E-state index is 5.45. The van der Waals surface area contributed by atoms with Gasteiger partial charge in [0, 0.05) is 5.41 Å². The first kappa shape index (κ1) is 15.7. The standard InChI is InChI=1S/C17H27NO/c1-5-17(4,6-2)15(3)18-19-14-10-13-16-11-8-7-9-12-16/h7-9,11-12H,5-6,10,13-14H2,1-4H3/b18-15+. The quantitative estimate of drug-likeness (QED) is 0.373. The molecule has 1 rings (SSSR count). The Morgan fingerprint density at radius 2 is 1.79 bits per heavy atom. The van der Waals surface area contributed by atoms with Crippen molar-refractivity contribution in [3.8, 4) is 0 Å². The molecule has 0 saturated heterocycles. The molecule has 0 unspecified atom stereocenters. The third kappa shape index (κ3) is 5.06. The zero-order chi connectivity index (χ0) is 14.1. The van der Waals surface area contributed by atoms with Crippen molar-refractivity contribution in [3.63, 3.8) is 0 Å². The molecule has 1 aromatic rings. The van der Waals surface area contributed by atoms with Gasteiger partial charge in [-0.05, 0) is 38.2 Å². The minimum absolute atomic E-state index is 0.180. The summed E-state index contributed by atoms with van der Waals surface area (Å²) in [4.78, 5) is 5.45. The van der Waals surface area contributed by atoms with E-state index >= 15 is 0 Å². The van der Waals surface area contributed by atoms with Gasteiger partial charge in [0.1, 0.15) is 6.61 Å². The smallest absolute Gasteiger partial charge is 0.117 e. The molecule has 19 heavy (non-hydrogen) atoms. The fourth-order valence-corrected chi connectivity index (χ4v) is 2.00. The number of hydrogen-bond donors (Lipinski definition) is 0. The lowest BCUT2D eigenvalue weighted by Crippen LogP contribution is -2.24. The monoisotopic (exact) mass is 261 g/mol. The second-order valence-corrected chi connectivity index (χ2v) is 5.37. The van der Waals surface area contributed by atoms with Gasteiger partial charge in [0.15, 0.2) is 0 Å². The average molecular weight is 261 g/mol. The summed E-state index contributed by atoms with van der Waals surface area (Å²) in [6.45, 7) is 9.43. The molecular formula is C17H27NO. The Bertz CT molecular complexity index is 380. The first-order valence-corrected chi connectivity index (χ1v) is 7.33. The highest BCUT2D eigenvalue weighted by atomic mass is 16.6. The second kappa shape index (κ2) is 7.98. The van der Waals surface area contributed by atoms with E-state index in [0.29, 0.717) is 6.61 Å². The lowest BCUT2D eigenvalue weighted by Gasteiger charge is -2.25. The van der Waals surface area contributed by atoms with E-state index in [2.05, 4.69) is 57.1 Å². The van der Waals surface area contributed by atoms with Gasteiger partial charge in [-0.25, -0.2) is 0 Å². The Morgan fingerprint density at radius 3 is 2.37 bits per heavy atom. The topological polar surface area (TPSA) is 21.6 Å². The van der Waals surface area contributed by atoms with Gasteiger partial charge in [-0.3, -0.25) is 0 Å². The van der Waals surface area contributed by atoms with Crippen LogP contribution in [0.5, 0.6) is 0 Å². The van der Waals surface area contributed by atoms with Gasteiger partial charge in [0.25, 0.3) is 0 Å². The van der Waals surface area contributed by atoms with Gasteiger partial charge in [-0.1, -0.05) is 56.3 Å². The summed E-state index contributed by atoms with van der Waals surface area (Å²) in [7, 11) is 0. The van der Waals surface area contributed by atoms with Crippen LogP contribution in [0, 0.1) is 5.41 Å². The van der Waals surface area contributed by atoms with Crippen molar-refractivity contribution in [1.82, 2.24) is 0 Å². The summed E-state index contributed by atoms with van der Waals surface area (Å²) in [6, 6.07) is 10.5. The molecule has 0 aliphatic carbocycles. The van der Waals surface area contributed by atoms with Gasteiger partial charge in [-0.2, -0.15) is 0 Å². The summed E-state index contributed by atoms with van der Waals surface area (Å²) in [5.74, 6) is 0. The number of rotatable bonds is 8. The number of oxime groups is 1. The van der Waals surface area contributed by atoms with Crippen LogP contribution in [-0.2, 0) is 11.3 Å². The van der Waals surface area contributed by atoms with Crippen molar-refractivity contribution in [2.45, 2.75) is 53.4 Å². The Morgan fingerprint density at radius 1 is 1.16 bits per heavy atom. The van der Waals surface area contributed by atoms with Crippen LogP contribution in [0.2, 0.25) is 0 Å². The minimum Gasteiger partial charge on any atom is -0.396 e. The molecule has 0 N–H and O–H groups in total. The van der Waals surface area contributed by atoms with Crippen LogP contribution in [0.15, 0.2) is 35.5 Å². The first-order valence-electron chi connectivity index (χ1n) is 7.33. The van der Waals surface area contributed by atoms with E-state index in [1.54, 1.807) is 0 Å². The maximum Gasteiger partial charge on any atom is 0.117 e. The highest BCUT2D eigenvalue weighted by Crippen LogP contribution is 2.27. The van der Waals surface area contributed by atoms with Crippen LogP contribution in [0.25, 0.3) is 0 Å². The van der Waals surface area contributed by atoms with Gasteiger partial charge < -0.3 is 4.84 Å². The molecule has 0 aliphatic heterocycles. The van der Waals surface area contributed by atoms with Crippen molar-refractivity contribution >= 4 is 5.71 Å². The fraction of sp³-hybridized carbons (Fsp3) is 0.588. The first-order chi connectivity index (χ1) is 9.12. The Hall–Kier alpha value is -1.31. The summed E-state index contributed by atoms with van der Waals surface area (Å²) >= 11 is 0. The van der Waals surface area contributed by atoms with Crippen LogP contribution in [0.4, 0.5) is 0 Å². The molecule has 0 amide bonds. The molecule has 1 aromatic carbocycles. The van der Waals surface area contributed by atoms with E-state index < -0.39 is 0 Å². The number of benzene rings is 1. The summed E-state index contributed by atoms with van der Waals surface area (Å²) in [6.07, 6.45) is 4.27. The molecule has 0 saturated carbocycles. The second-order valence-electron chi connectivity index (χ2n) is 5.37. The highest BCUT2D eigenvalue weighted by Gasteiger charge is 2.23. The van der Waals surface area contributed by atoms with E-state index in [1.165, 1.54) is 5.56 Å². The zero-order valence-electron chi connectivity index (χ0n) is 12.8. The fourth-order valence-electron chi connectivity index (χ4n) is 2.00. The molecule has 0 heterocycles. The SMILES string of the molecule is CCC(C)(CC)/C(C)=N/OCCCc1ccccc1. The van der Waals surface area contributed by atoms with E-state index in [9.17, 15) is 0 Å². The highest BCUT2D eigenvalue weighted by molar-refractivity contribution is 5.87. The Labute approximate surface area is 117 Å². The Balaban J connectivity index is 2.30. The average Bonchev–Trinajstić information content (AvgIpc) is 2.47. The molecule has 0 radical (unpaired) electrons. The number of hydrogen-bond acceptors (Lipinski definition) is 2. The van der Waals surface area contributed by atoms with Crippen molar-refractivity contribution in [2.75, 3.05) is 6.61 Å². The van der Waals surface area contributed by atoms with Gasteiger partial charge >= 0.3 is 0 Å². The largest absolute Gasteiger partial charge is 0.396 e. The third-order valence-corrected chi connectivity index (χ3v) is 4.18. The lowest BCUT2D eigenvalue weighted by molar-refractivity contribution is 0.137. The minimum atomic E-state index is 0.180. The maximum atomic E-state index is 5.45. The van der Waals surface area contributed by atoms with Crippen LogP contribution in [0.1, 0.15) is 52.5 Å². The number of aryl methyl sites for hydroxylation is 1. The molecular weight excluding hydrogens is 234 g/mol. The van der Waals surface area contributed by atoms with Crippen molar-refractivity contribution in [3.05, 3.63) is 35.9 Å². The number of nitrogens with zero attached hydrogens (tertiary/aromatic N) is 1. The molecule has 106 valence electrons. The molecule has 2 heteroatoms. The predicted octanol–water partition coefficient (Wildman–Crippen LogP) is 4.84. The predicted molar refractivity (Wildman–Crippen MR) is 82.5 cm³/mol. The normalized spacial score (nSPS) is 12.5. The lowest BCUT2D eigenvalue weighted by atomic mass is 9.81. The third-order valence-electron chi connectivity index (χ3n) is 4.18. The summed E-state index contributed by atoms with van der Waals surface area (Å²) in [5, 5.41) is 4.29. The van der Waals surface area contributed by atoms with E-state index in [-0.39, 0.29) is 5.41 Å². The van der Waals surface area contributed by atoms with Gasteiger partial charge in [0.2, 0.25) is 0 Å². The van der Waals surface area contributed by atoms with E-state index in [4.69, 9.17) is 4.84 Å². The van der Waals surface area contributed by atoms with Crippen LogP contribution < -0.4 is 0 Å². The van der Waals surface area contributed by atoms with Crippen molar-refractivity contribution < 1.29 is 4.84 Å². The summed E-state index contributed by atoms with van der Waals surface area (Å²) in [5.41, 5.74) is 2.65. The van der Waals surface area contributed by atoms with Gasteiger partial charge in [0.05, 0.1) is 5.71 Å². The molecule has 0 atom stereocenters. The Kier molecular flexibility index (Phi) is 6.61.